The lowest BCUT2D eigenvalue weighted by atomic mass is 10.0. The molecule has 0 fully saturated rings. The fraction of sp³-hybridized carbons (Fsp3) is 0.467. The van der Waals surface area contributed by atoms with Crippen LogP contribution in [0.25, 0.3) is 0 Å². The molecule has 0 saturated carbocycles. The summed E-state index contributed by atoms with van der Waals surface area (Å²) in [6.07, 6.45) is 1.54. The van der Waals surface area contributed by atoms with Crippen molar-refractivity contribution in [2.24, 2.45) is 0 Å². The summed E-state index contributed by atoms with van der Waals surface area (Å²) in [7, 11) is 2.78. The third-order valence-corrected chi connectivity index (χ3v) is 3.55. The van der Waals surface area contributed by atoms with Gasteiger partial charge in [-0.3, -0.25) is 9.59 Å². The molecule has 1 aromatic rings. The van der Waals surface area contributed by atoms with E-state index in [2.05, 4.69) is 15.7 Å². The van der Waals surface area contributed by atoms with E-state index in [0.717, 1.165) is 24.2 Å². The van der Waals surface area contributed by atoms with Gasteiger partial charge in [0.2, 0.25) is 0 Å². The summed E-state index contributed by atoms with van der Waals surface area (Å²) in [6, 6.07) is 5.96. The van der Waals surface area contributed by atoms with E-state index in [-0.39, 0.29) is 18.4 Å². The molecule has 2 rings (SSSR count). The van der Waals surface area contributed by atoms with Crippen molar-refractivity contribution in [3.63, 3.8) is 0 Å². The summed E-state index contributed by atoms with van der Waals surface area (Å²) in [5.74, 6) is -0.470. The molecule has 0 saturated heterocycles. The first-order chi connectivity index (χ1) is 9.65. The van der Waals surface area contributed by atoms with Gasteiger partial charge in [0.15, 0.2) is 0 Å². The number of hydrogen-bond donors (Lipinski definition) is 0. The van der Waals surface area contributed by atoms with Crippen LogP contribution in [0.1, 0.15) is 17.5 Å². The number of anilines is 1. The fourth-order valence-electron chi connectivity index (χ4n) is 2.54. The number of para-hydroxylation sites is 1. The van der Waals surface area contributed by atoms with Crippen molar-refractivity contribution in [1.29, 1.82) is 0 Å². The molecule has 0 N–H and O–H groups in total. The fourth-order valence-corrected chi connectivity index (χ4v) is 2.54. The van der Waals surface area contributed by atoms with Crippen molar-refractivity contribution >= 4 is 17.6 Å². The largest absolute Gasteiger partial charge is 0.469 e. The monoisotopic (exact) mass is 277 g/mol. The summed E-state index contributed by atoms with van der Waals surface area (Å²) in [6.45, 7) is 1.47. The number of benzene rings is 1. The average molecular weight is 277 g/mol. The molecule has 1 aliphatic rings. The second-order valence-electron chi connectivity index (χ2n) is 4.74. The van der Waals surface area contributed by atoms with Crippen LogP contribution in [0.2, 0.25) is 0 Å². The predicted octanol–water partition coefficient (Wildman–Crippen LogP) is 1.33. The first-order valence-corrected chi connectivity index (χ1v) is 6.65. The maximum atomic E-state index is 11.5. The van der Waals surface area contributed by atoms with Gasteiger partial charge in [0.05, 0.1) is 27.1 Å². The third kappa shape index (κ3) is 3.10. The number of rotatable bonds is 5. The standard InChI is InChI=1S/C15H19NO4/c1-19-13(17)7-9-16-8-6-11-4-3-5-12(15(11)16)10-14(18)20-2/h3-5H,6-10H2,1-2H3. The zero-order valence-corrected chi connectivity index (χ0v) is 11.8. The summed E-state index contributed by atoms with van der Waals surface area (Å²) in [5, 5.41) is 0. The molecule has 0 atom stereocenters. The Morgan fingerprint density at radius 1 is 1.20 bits per heavy atom. The smallest absolute Gasteiger partial charge is 0.310 e. The first kappa shape index (κ1) is 14.4. The molecule has 1 aromatic carbocycles. The number of ether oxygens (including phenoxy) is 2. The Kier molecular flexibility index (Phi) is 4.61. The van der Waals surface area contributed by atoms with Crippen molar-refractivity contribution in [1.82, 2.24) is 0 Å². The number of methoxy groups -OCH3 is 2. The Balaban J connectivity index is 2.16. The van der Waals surface area contributed by atoms with Gasteiger partial charge >= 0.3 is 11.9 Å². The molecule has 0 amide bonds. The molecular weight excluding hydrogens is 258 g/mol. The van der Waals surface area contributed by atoms with E-state index < -0.39 is 0 Å². The van der Waals surface area contributed by atoms with Crippen molar-refractivity contribution in [2.45, 2.75) is 19.3 Å². The Morgan fingerprint density at radius 2 is 1.95 bits per heavy atom. The lowest BCUT2D eigenvalue weighted by Gasteiger charge is -2.21. The Morgan fingerprint density at radius 3 is 2.65 bits per heavy atom. The van der Waals surface area contributed by atoms with Gasteiger partial charge in [-0.25, -0.2) is 0 Å². The second-order valence-corrected chi connectivity index (χ2v) is 4.74. The highest BCUT2D eigenvalue weighted by molar-refractivity contribution is 5.77. The molecule has 20 heavy (non-hydrogen) atoms. The molecule has 0 bridgehead atoms. The quantitative estimate of drug-likeness (QED) is 0.760. The number of fused-ring (bicyclic) bond motifs is 1. The number of esters is 2. The first-order valence-electron chi connectivity index (χ1n) is 6.65. The van der Waals surface area contributed by atoms with Gasteiger partial charge in [0.25, 0.3) is 0 Å². The van der Waals surface area contributed by atoms with Crippen molar-refractivity contribution in [3.8, 4) is 0 Å². The van der Waals surface area contributed by atoms with E-state index in [1.165, 1.54) is 19.8 Å². The van der Waals surface area contributed by atoms with E-state index in [0.29, 0.717) is 13.0 Å². The molecule has 108 valence electrons. The van der Waals surface area contributed by atoms with Crippen LogP contribution in [0.5, 0.6) is 0 Å². The van der Waals surface area contributed by atoms with E-state index in [1.54, 1.807) is 0 Å². The zero-order chi connectivity index (χ0) is 14.5. The van der Waals surface area contributed by atoms with Gasteiger partial charge in [-0.2, -0.15) is 0 Å². The van der Waals surface area contributed by atoms with Gasteiger partial charge < -0.3 is 14.4 Å². The van der Waals surface area contributed by atoms with Gasteiger partial charge in [-0.05, 0) is 17.5 Å². The van der Waals surface area contributed by atoms with Gasteiger partial charge in [0, 0.05) is 18.8 Å². The van der Waals surface area contributed by atoms with Crippen LogP contribution in [0.15, 0.2) is 18.2 Å². The maximum Gasteiger partial charge on any atom is 0.310 e. The van der Waals surface area contributed by atoms with Crippen LogP contribution in [-0.4, -0.2) is 39.2 Å². The molecule has 5 nitrogen and oxygen atoms in total. The molecule has 0 radical (unpaired) electrons. The molecule has 0 aliphatic carbocycles. The summed E-state index contributed by atoms with van der Waals surface area (Å²) in [4.78, 5) is 24.9. The molecule has 5 heteroatoms. The zero-order valence-electron chi connectivity index (χ0n) is 11.8. The van der Waals surface area contributed by atoms with E-state index in [4.69, 9.17) is 4.74 Å². The van der Waals surface area contributed by atoms with Crippen LogP contribution in [0.3, 0.4) is 0 Å². The van der Waals surface area contributed by atoms with E-state index >= 15 is 0 Å². The number of carbonyl (C=O) groups excluding carboxylic acids is 2. The van der Waals surface area contributed by atoms with E-state index in [1.807, 2.05) is 12.1 Å². The van der Waals surface area contributed by atoms with Crippen LogP contribution in [-0.2, 0) is 31.9 Å². The van der Waals surface area contributed by atoms with E-state index in [9.17, 15) is 9.59 Å². The van der Waals surface area contributed by atoms with Crippen molar-refractivity contribution in [3.05, 3.63) is 29.3 Å². The minimum absolute atomic E-state index is 0.219. The van der Waals surface area contributed by atoms with Crippen molar-refractivity contribution < 1.29 is 19.1 Å². The molecular formula is C15H19NO4. The van der Waals surface area contributed by atoms with Gasteiger partial charge in [0.1, 0.15) is 0 Å². The second kappa shape index (κ2) is 6.41. The summed E-state index contributed by atoms with van der Waals surface area (Å²) in [5.41, 5.74) is 3.25. The van der Waals surface area contributed by atoms with Crippen LogP contribution in [0, 0.1) is 0 Å². The third-order valence-electron chi connectivity index (χ3n) is 3.55. The lowest BCUT2D eigenvalue weighted by molar-refractivity contribution is -0.141. The maximum absolute atomic E-state index is 11.5. The highest BCUT2D eigenvalue weighted by atomic mass is 16.5. The number of hydrogen-bond acceptors (Lipinski definition) is 5. The predicted molar refractivity (Wildman–Crippen MR) is 74.7 cm³/mol. The topological polar surface area (TPSA) is 55.8 Å². The highest BCUT2D eigenvalue weighted by Gasteiger charge is 2.23. The molecule has 0 unspecified atom stereocenters. The number of nitrogens with zero attached hydrogens (tertiary/aromatic N) is 1. The minimum atomic E-state index is -0.252. The summed E-state index contributed by atoms with van der Waals surface area (Å²) >= 11 is 0. The minimum Gasteiger partial charge on any atom is -0.469 e. The molecule has 0 spiro atoms. The van der Waals surface area contributed by atoms with Crippen LogP contribution < -0.4 is 4.90 Å². The van der Waals surface area contributed by atoms with Crippen LogP contribution in [0.4, 0.5) is 5.69 Å². The lowest BCUT2D eigenvalue weighted by Crippen LogP contribution is -2.25. The number of carbonyl (C=O) groups is 2. The normalized spacial score (nSPS) is 13.0. The summed E-state index contributed by atoms with van der Waals surface area (Å²) < 4.78 is 9.40. The van der Waals surface area contributed by atoms with Gasteiger partial charge in [-0.1, -0.05) is 18.2 Å². The molecule has 1 aliphatic heterocycles. The van der Waals surface area contributed by atoms with Crippen LogP contribution >= 0.6 is 0 Å². The Labute approximate surface area is 118 Å². The molecule has 0 aromatic heterocycles. The van der Waals surface area contributed by atoms with Gasteiger partial charge in [-0.15, -0.1) is 0 Å². The van der Waals surface area contributed by atoms with Crippen molar-refractivity contribution in [2.75, 3.05) is 32.2 Å². The highest BCUT2D eigenvalue weighted by Crippen LogP contribution is 2.32. The average Bonchev–Trinajstić information content (AvgIpc) is 2.88. The molecule has 1 heterocycles. The Hall–Kier alpha value is -2.04. The SMILES string of the molecule is COC(=O)CCN1CCc2cccc(CC(=O)OC)c21. The Bertz CT molecular complexity index is 513.